The van der Waals surface area contributed by atoms with Gasteiger partial charge in [-0.3, -0.25) is 9.98 Å². The van der Waals surface area contributed by atoms with Crippen LogP contribution in [0.15, 0.2) is 81.2 Å². The first-order valence-electron chi connectivity index (χ1n) is 9.47. The molecule has 2 heterocycles. The van der Waals surface area contributed by atoms with Gasteiger partial charge >= 0.3 is 11.9 Å². The molecule has 0 saturated heterocycles. The summed E-state index contributed by atoms with van der Waals surface area (Å²) < 4.78 is 0.877. The molecule has 154 valence electrons. The number of fused-ring (bicyclic) bond motifs is 2. The molecule has 0 amide bonds. The molecule has 0 atom stereocenters. The second-order valence-electron chi connectivity index (χ2n) is 6.98. The molecule has 0 unspecified atom stereocenters. The monoisotopic (exact) mass is 476 g/mol. The van der Waals surface area contributed by atoms with Gasteiger partial charge in [0.1, 0.15) is 0 Å². The van der Waals surface area contributed by atoms with Crippen LogP contribution in [0.3, 0.4) is 0 Å². The number of benzene rings is 3. The fourth-order valence-electron chi connectivity index (χ4n) is 3.52. The molecular weight excluding hydrogens is 460 g/mol. The lowest BCUT2D eigenvalue weighted by molar-refractivity contribution is -0.130. The number of nitrogens with zero attached hydrogens (tertiary/aromatic N) is 2. The molecule has 0 aliphatic carbocycles. The number of aliphatic imine (C=N–C) groups is 2. The third-order valence-electron chi connectivity index (χ3n) is 5.02. The van der Waals surface area contributed by atoms with Crippen molar-refractivity contribution in [1.29, 1.82) is 0 Å². The van der Waals surface area contributed by atoms with Crippen molar-refractivity contribution in [2.75, 3.05) is 0 Å². The van der Waals surface area contributed by atoms with Gasteiger partial charge in [0, 0.05) is 15.6 Å². The zero-order chi connectivity index (χ0) is 22.0. The van der Waals surface area contributed by atoms with E-state index in [4.69, 9.17) is 10.2 Å². The van der Waals surface area contributed by atoms with Gasteiger partial charge < -0.3 is 10.2 Å². The molecule has 0 fully saturated rings. The van der Waals surface area contributed by atoms with Crippen LogP contribution >= 0.6 is 15.9 Å². The van der Waals surface area contributed by atoms with Crippen LogP contribution in [0.2, 0.25) is 0 Å². The van der Waals surface area contributed by atoms with E-state index in [1.807, 2.05) is 60.7 Å². The minimum absolute atomic E-state index is 0.163. The van der Waals surface area contributed by atoms with Crippen molar-refractivity contribution in [3.05, 3.63) is 93.5 Å². The fraction of sp³-hybridized carbons (Fsp3) is 0.0833. The molecule has 0 spiro atoms. The Hall–Kier alpha value is -3.58. The molecule has 2 aliphatic rings. The Morgan fingerprint density at radius 1 is 0.710 bits per heavy atom. The van der Waals surface area contributed by atoms with Crippen molar-refractivity contribution >= 4 is 39.3 Å². The van der Waals surface area contributed by atoms with Gasteiger partial charge in [0.05, 0.1) is 13.1 Å². The van der Waals surface area contributed by atoms with Gasteiger partial charge in [-0.2, -0.15) is 0 Å². The maximum absolute atomic E-state index is 11.1. The van der Waals surface area contributed by atoms with E-state index in [0.29, 0.717) is 13.1 Å². The van der Waals surface area contributed by atoms with Crippen LogP contribution in [-0.2, 0) is 22.7 Å². The highest BCUT2D eigenvalue weighted by Gasteiger charge is 2.22. The molecule has 0 radical (unpaired) electrons. The molecule has 3 aromatic carbocycles. The quantitative estimate of drug-likeness (QED) is 0.577. The number of hydrogen-bond acceptors (Lipinski definition) is 4. The Balaban J connectivity index is 0.000000158. The minimum Gasteiger partial charge on any atom is -0.477 e. The molecule has 3 aromatic rings. The van der Waals surface area contributed by atoms with Crippen LogP contribution < -0.4 is 0 Å². The topological polar surface area (TPSA) is 99.3 Å². The Labute approximate surface area is 186 Å². The van der Waals surface area contributed by atoms with E-state index in [9.17, 15) is 9.59 Å². The van der Waals surface area contributed by atoms with Crippen molar-refractivity contribution < 1.29 is 19.8 Å². The predicted octanol–water partition coefficient (Wildman–Crippen LogP) is 4.58. The molecule has 2 aliphatic heterocycles. The van der Waals surface area contributed by atoms with E-state index >= 15 is 0 Å². The standard InChI is InChI=1S/C15H11NO2.C9H6BrNO2/c17-15(18)14-13-8-11(6-7-12(13)9-16-14)10-4-2-1-3-5-10;10-6-2-1-5-4-11-8(9(12)13)7(5)3-6/h1-8H,9H2,(H,17,18);1-3H,4H2,(H,12,13). The second-order valence-corrected chi connectivity index (χ2v) is 7.90. The number of carboxylic acid groups (broad SMARTS) is 2. The molecule has 5 rings (SSSR count). The molecule has 31 heavy (non-hydrogen) atoms. The molecule has 2 N–H and O–H groups in total. The summed E-state index contributed by atoms with van der Waals surface area (Å²) in [6, 6.07) is 21.3. The van der Waals surface area contributed by atoms with Crippen molar-refractivity contribution in [2.45, 2.75) is 13.1 Å². The summed E-state index contributed by atoms with van der Waals surface area (Å²) in [7, 11) is 0. The summed E-state index contributed by atoms with van der Waals surface area (Å²) in [5.74, 6) is -1.92. The third kappa shape index (κ3) is 4.32. The first-order chi connectivity index (χ1) is 14.9. The van der Waals surface area contributed by atoms with Crippen LogP contribution in [-0.4, -0.2) is 33.6 Å². The maximum Gasteiger partial charge on any atom is 0.354 e. The first kappa shape index (κ1) is 20.7. The van der Waals surface area contributed by atoms with Gasteiger partial charge in [-0.15, -0.1) is 0 Å². The zero-order valence-corrected chi connectivity index (χ0v) is 17.8. The molecular formula is C24H17BrN2O4. The summed E-state index contributed by atoms with van der Waals surface area (Å²) in [6.45, 7) is 0.941. The van der Waals surface area contributed by atoms with Crippen molar-refractivity contribution in [3.8, 4) is 11.1 Å². The number of aliphatic carboxylic acids is 2. The molecule has 6 nitrogen and oxygen atoms in total. The first-order valence-corrected chi connectivity index (χ1v) is 10.3. The van der Waals surface area contributed by atoms with E-state index in [0.717, 1.165) is 37.9 Å². The van der Waals surface area contributed by atoms with Crippen molar-refractivity contribution in [3.63, 3.8) is 0 Å². The fourth-order valence-corrected chi connectivity index (χ4v) is 3.88. The smallest absolute Gasteiger partial charge is 0.354 e. The normalized spacial score (nSPS) is 13.3. The number of carbonyl (C=O) groups is 2. The summed E-state index contributed by atoms with van der Waals surface area (Å²) >= 11 is 3.29. The lowest BCUT2D eigenvalue weighted by atomic mass is 9.98. The predicted molar refractivity (Wildman–Crippen MR) is 122 cm³/mol. The van der Waals surface area contributed by atoms with Gasteiger partial charge in [0.2, 0.25) is 0 Å². The van der Waals surface area contributed by atoms with Gasteiger partial charge in [-0.25, -0.2) is 9.59 Å². The molecule has 0 aromatic heterocycles. The summed E-state index contributed by atoms with van der Waals surface area (Å²) in [5, 5.41) is 17.9. The Kier molecular flexibility index (Phi) is 5.77. The third-order valence-corrected chi connectivity index (χ3v) is 5.51. The molecule has 0 saturated carbocycles. The Morgan fingerprint density at radius 3 is 1.84 bits per heavy atom. The number of carboxylic acids is 2. The maximum atomic E-state index is 11.1. The van der Waals surface area contributed by atoms with Gasteiger partial charge in [-0.1, -0.05) is 64.5 Å². The van der Waals surface area contributed by atoms with Crippen LogP contribution in [0.4, 0.5) is 0 Å². The highest BCUT2D eigenvalue weighted by atomic mass is 79.9. The van der Waals surface area contributed by atoms with E-state index < -0.39 is 11.9 Å². The van der Waals surface area contributed by atoms with E-state index in [1.165, 1.54) is 0 Å². The van der Waals surface area contributed by atoms with Crippen LogP contribution in [0.5, 0.6) is 0 Å². The minimum atomic E-state index is -0.961. The van der Waals surface area contributed by atoms with Crippen LogP contribution in [0.1, 0.15) is 22.3 Å². The van der Waals surface area contributed by atoms with Gasteiger partial charge in [0.25, 0.3) is 0 Å². The largest absolute Gasteiger partial charge is 0.477 e. The summed E-state index contributed by atoms with van der Waals surface area (Å²) in [5.41, 5.74) is 5.85. The van der Waals surface area contributed by atoms with E-state index in [1.54, 1.807) is 6.07 Å². The Bertz CT molecular complexity index is 1250. The molecule has 7 heteroatoms. The second kappa shape index (κ2) is 8.65. The van der Waals surface area contributed by atoms with Gasteiger partial charge in [-0.05, 0) is 40.5 Å². The number of rotatable bonds is 3. The average molecular weight is 477 g/mol. The summed E-state index contributed by atoms with van der Waals surface area (Å²) in [4.78, 5) is 29.8. The highest BCUT2D eigenvalue weighted by molar-refractivity contribution is 9.10. The lowest BCUT2D eigenvalue weighted by Gasteiger charge is -2.05. The average Bonchev–Trinajstić information content (AvgIpc) is 3.38. The Morgan fingerprint density at radius 2 is 1.26 bits per heavy atom. The van der Waals surface area contributed by atoms with E-state index in [2.05, 4.69) is 25.9 Å². The lowest BCUT2D eigenvalue weighted by Crippen LogP contribution is -2.12. The van der Waals surface area contributed by atoms with Crippen LogP contribution in [0, 0.1) is 0 Å². The van der Waals surface area contributed by atoms with Crippen LogP contribution in [0.25, 0.3) is 11.1 Å². The zero-order valence-electron chi connectivity index (χ0n) is 16.2. The van der Waals surface area contributed by atoms with Crippen molar-refractivity contribution in [1.82, 2.24) is 0 Å². The number of hydrogen-bond donors (Lipinski definition) is 2. The van der Waals surface area contributed by atoms with Gasteiger partial charge in [0.15, 0.2) is 11.4 Å². The number of halogens is 1. The SMILES string of the molecule is O=C(O)C1=NCc2ccc(-c3ccccc3)cc21.O=C(O)C1=NCc2ccc(Br)cc21. The summed E-state index contributed by atoms with van der Waals surface area (Å²) in [6.07, 6.45) is 0. The van der Waals surface area contributed by atoms with E-state index in [-0.39, 0.29) is 11.4 Å². The molecule has 0 bridgehead atoms. The van der Waals surface area contributed by atoms with Crippen molar-refractivity contribution in [2.24, 2.45) is 9.98 Å². The highest BCUT2D eigenvalue weighted by Crippen LogP contribution is 2.26.